The molecular formula is C22H41F5O2. The normalized spacial score (nSPS) is 12.8. The standard InChI is InChI=1S/C22H41F5O2/c1-20(2)29-19-18-28-17-15-13-11-9-7-5-3-4-6-8-10-12-14-16-21(23,24)22(25,26)27/h20H,3-19H2,1-2H3. The molecule has 0 heterocycles. The number of ether oxygens (including phenoxy) is 2. The molecule has 0 aliphatic heterocycles. The van der Waals surface area contributed by atoms with Gasteiger partial charge in [-0.2, -0.15) is 22.0 Å². The monoisotopic (exact) mass is 432 g/mol. The highest BCUT2D eigenvalue weighted by Gasteiger charge is 2.56. The van der Waals surface area contributed by atoms with Gasteiger partial charge in [0, 0.05) is 13.0 Å². The van der Waals surface area contributed by atoms with E-state index in [4.69, 9.17) is 9.47 Å². The maximum absolute atomic E-state index is 12.7. The fourth-order valence-electron chi connectivity index (χ4n) is 3.08. The molecule has 0 atom stereocenters. The molecule has 0 N–H and O–H groups in total. The molecule has 7 heteroatoms. The Balaban J connectivity index is 3.19. The molecule has 0 saturated heterocycles. The molecule has 0 amide bonds. The van der Waals surface area contributed by atoms with Gasteiger partial charge in [-0.3, -0.25) is 0 Å². The minimum Gasteiger partial charge on any atom is -0.379 e. The van der Waals surface area contributed by atoms with Crippen LogP contribution in [0.2, 0.25) is 0 Å². The maximum Gasteiger partial charge on any atom is 0.453 e. The third-order valence-corrected chi connectivity index (χ3v) is 4.87. The molecular weight excluding hydrogens is 391 g/mol. The van der Waals surface area contributed by atoms with Crippen LogP contribution in [-0.4, -0.2) is 38.0 Å². The minimum atomic E-state index is -5.41. The van der Waals surface area contributed by atoms with Crippen LogP contribution in [0.15, 0.2) is 0 Å². The second kappa shape index (κ2) is 17.3. The van der Waals surface area contributed by atoms with Crippen molar-refractivity contribution in [3.05, 3.63) is 0 Å². The summed E-state index contributed by atoms with van der Waals surface area (Å²) in [6.45, 7) is 6.15. The topological polar surface area (TPSA) is 18.5 Å². The first kappa shape index (κ1) is 28.6. The van der Waals surface area contributed by atoms with Crippen molar-refractivity contribution < 1.29 is 31.4 Å². The molecule has 0 radical (unpaired) electrons. The number of unbranched alkanes of at least 4 members (excludes halogenated alkanes) is 12. The molecule has 0 spiro atoms. The quantitative estimate of drug-likeness (QED) is 0.143. The van der Waals surface area contributed by atoms with Gasteiger partial charge in [-0.15, -0.1) is 0 Å². The van der Waals surface area contributed by atoms with Gasteiger partial charge in [0.25, 0.3) is 0 Å². The molecule has 0 bridgehead atoms. The van der Waals surface area contributed by atoms with E-state index in [1.54, 1.807) is 0 Å². The first-order valence-electron chi connectivity index (χ1n) is 11.3. The number of rotatable bonds is 20. The van der Waals surface area contributed by atoms with E-state index in [-0.39, 0.29) is 12.5 Å². The summed E-state index contributed by atoms with van der Waals surface area (Å²) in [7, 11) is 0. The van der Waals surface area contributed by atoms with Crippen LogP contribution in [-0.2, 0) is 9.47 Å². The van der Waals surface area contributed by atoms with Gasteiger partial charge in [-0.25, -0.2) is 0 Å². The summed E-state index contributed by atoms with van der Waals surface area (Å²) in [5, 5.41) is 0. The molecule has 0 unspecified atom stereocenters. The van der Waals surface area contributed by atoms with Crippen molar-refractivity contribution >= 4 is 0 Å². The van der Waals surface area contributed by atoms with Gasteiger partial charge in [-0.05, 0) is 26.7 Å². The molecule has 0 aromatic heterocycles. The van der Waals surface area contributed by atoms with Gasteiger partial charge < -0.3 is 9.47 Å². The summed E-state index contributed by atoms with van der Waals surface area (Å²) in [4.78, 5) is 0. The molecule has 29 heavy (non-hydrogen) atoms. The number of hydrogen-bond acceptors (Lipinski definition) is 2. The van der Waals surface area contributed by atoms with Crippen LogP contribution in [0, 0.1) is 0 Å². The first-order valence-corrected chi connectivity index (χ1v) is 11.3. The summed E-state index contributed by atoms with van der Waals surface area (Å²) < 4.78 is 72.4. The van der Waals surface area contributed by atoms with Gasteiger partial charge in [0.15, 0.2) is 0 Å². The molecule has 0 rings (SSSR count). The average Bonchev–Trinajstić information content (AvgIpc) is 2.62. The smallest absolute Gasteiger partial charge is 0.379 e. The van der Waals surface area contributed by atoms with Crippen LogP contribution in [0.3, 0.4) is 0 Å². The highest BCUT2D eigenvalue weighted by molar-refractivity contribution is 4.75. The van der Waals surface area contributed by atoms with E-state index in [0.29, 0.717) is 19.6 Å². The molecule has 0 aliphatic rings. The lowest BCUT2D eigenvalue weighted by Crippen LogP contribution is -2.36. The fraction of sp³-hybridized carbons (Fsp3) is 1.00. The van der Waals surface area contributed by atoms with Crippen molar-refractivity contribution in [2.24, 2.45) is 0 Å². The zero-order valence-electron chi connectivity index (χ0n) is 18.3. The Morgan fingerprint density at radius 2 is 0.966 bits per heavy atom. The van der Waals surface area contributed by atoms with E-state index in [0.717, 1.165) is 38.7 Å². The van der Waals surface area contributed by atoms with Crippen LogP contribution in [0.5, 0.6) is 0 Å². The summed E-state index contributed by atoms with van der Waals surface area (Å²) in [5.74, 6) is -4.54. The SMILES string of the molecule is CC(C)OCCOCCCCCCCCCCCCCCCC(F)(F)C(F)(F)F. The lowest BCUT2D eigenvalue weighted by molar-refractivity contribution is -0.284. The lowest BCUT2D eigenvalue weighted by atomic mass is 10.0. The summed E-state index contributed by atoms with van der Waals surface area (Å²) in [6, 6.07) is 0. The van der Waals surface area contributed by atoms with Gasteiger partial charge >= 0.3 is 12.1 Å². The van der Waals surface area contributed by atoms with Crippen LogP contribution in [0.25, 0.3) is 0 Å². The Bertz CT molecular complexity index is 360. The van der Waals surface area contributed by atoms with Crippen LogP contribution < -0.4 is 0 Å². The molecule has 0 aromatic carbocycles. The Morgan fingerprint density at radius 1 is 0.552 bits per heavy atom. The number of alkyl halides is 5. The third-order valence-electron chi connectivity index (χ3n) is 4.87. The Hall–Kier alpha value is -0.430. The van der Waals surface area contributed by atoms with Crippen molar-refractivity contribution in [2.45, 2.75) is 122 Å². The third kappa shape index (κ3) is 18.1. The molecule has 2 nitrogen and oxygen atoms in total. The summed E-state index contributed by atoms with van der Waals surface area (Å²) >= 11 is 0. The molecule has 0 fully saturated rings. The largest absolute Gasteiger partial charge is 0.453 e. The first-order chi connectivity index (χ1) is 13.7. The van der Waals surface area contributed by atoms with Crippen molar-refractivity contribution in [1.82, 2.24) is 0 Å². The van der Waals surface area contributed by atoms with Crippen molar-refractivity contribution in [3.8, 4) is 0 Å². The predicted octanol–water partition coefficient (Wildman–Crippen LogP) is 8.09. The minimum absolute atomic E-state index is 0.0662. The van der Waals surface area contributed by atoms with E-state index < -0.39 is 18.5 Å². The summed E-state index contributed by atoms with van der Waals surface area (Å²) in [6.07, 6.45) is 6.31. The predicted molar refractivity (Wildman–Crippen MR) is 108 cm³/mol. The zero-order chi connectivity index (χ0) is 22.0. The van der Waals surface area contributed by atoms with Gasteiger partial charge in [0.05, 0.1) is 19.3 Å². The summed E-state index contributed by atoms with van der Waals surface area (Å²) in [5.41, 5.74) is 0. The van der Waals surface area contributed by atoms with Crippen LogP contribution >= 0.6 is 0 Å². The maximum atomic E-state index is 12.7. The van der Waals surface area contributed by atoms with E-state index in [1.807, 2.05) is 13.8 Å². The Labute approximate surface area is 173 Å². The molecule has 0 aliphatic carbocycles. The number of halogens is 5. The van der Waals surface area contributed by atoms with E-state index in [9.17, 15) is 22.0 Å². The molecule has 0 saturated carbocycles. The van der Waals surface area contributed by atoms with E-state index in [2.05, 4.69) is 0 Å². The molecule has 176 valence electrons. The van der Waals surface area contributed by atoms with Gasteiger partial charge in [-0.1, -0.05) is 70.6 Å². The fourth-order valence-corrected chi connectivity index (χ4v) is 3.08. The average molecular weight is 433 g/mol. The highest BCUT2D eigenvalue weighted by atomic mass is 19.4. The van der Waals surface area contributed by atoms with Crippen molar-refractivity contribution in [1.29, 1.82) is 0 Å². The van der Waals surface area contributed by atoms with Crippen LogP contribution in [0.4, 0.5) is 22.0 Å². The number of hydrogen-bond donors (Lipinski definition) is 0. The second-order valence-electron chi connectivity index (χ2n) is 8.08. The van der Waals surface area contributed by atoms with E-state index >= 15 is 0 Å². The van der Waals surface area contributed by atoms with Crippen LogP contribution in [0.1, 0.15) is 104 Å². The van der Waals surface area contributed by atoms with Gasteiger partial charge in [0.2, 0.25) is 0 Å². The van der Waals surface area contributed by atoms with Crippen molar-refractivity contribution in [2.75, 3.05) is 19.8 Å². The highest BCUT2D eigenvalue weighted by Crippen LogP contribution is 2.39. The van der Waals surface area contributed by atoms with Gasteiger partial charge in [0.1, 0.15) is 0 Å². The Kier molecular flexibility index (Phi) is 17.0. The van der Waals surface area contributed by atoms with Crippen molar-refractivity contribution in [3.63, 3.8) is 0 Å². The second-order valence-corrected chi connectivity index (χ2v) is 8.08. The lowest BCUT2D eigenvalue weighted by Gasteiger charge is -2.19. The Morgan fingerprint density at radius 3 is 1.38 bits per heavy atom. The van der Waals surface area contributed by atoms with E-state index in [1.165, 1.54) is 38.5 Å². The molecule has 0 aromatic rings. The zero-order valence-corrected chi connectivity index (χ0v) is 18.3.